The quantitative estimate of drug-likeness (QED) is 0.591. The summed E-state index contributed by atoms with van der Waals surface area (Å²) >= 11 is 0. The Morgan fingerprint density at radius 3 is 2.09 bits per heavy atom. The van der Waals surface area contributed by atoms with Crippen LogP contribution in [-0.2, 0) is 4.79 Å². The topological polar surface area (TPSA) is 61.9 Å². The van der Waals surface area contributed by atoms with E-state index in [-0.39, 0.29) is 17.5 Å². The molecule has 0 aromatic heterocycles. The van der Waals surface area contributed by atoms with Crippen LogP contribution >= 0.6 is 0 Å². The number of amides is 2. The second-order valence-corrected chi connectivity index (χ2v) is 7.74. The molecule has 2 amide bonds. The molecule has 0 aliphatic carbocycles. The van der Waals surface area contributed by atoms with Crippen molar-refractivity contribution < 1.29 is 14.3 Å². The molecule has 0 unspecified atom stereocenters. The molecule has 1 saturated heterocycles. The SMILES string of the molecule is COc1ccccc1N1CCN(C(=O)/C(=C\c2ccccc2)NC(=O)c2ccccc2)CC1. The van der Waals surface area contributed by atoms with E-state index in [4.69, 9.17) is 4.74 Å². The first kappa shape index (κ1) is 22.1. The summed E-state index contributed by atoms with van der Waals surface area (Å²) in [5.74, 6) is 0.318. The molecule has 0 spiro atoms. The van der Waals surface area contributed by atoms with Gasteiger partial charge in [-0.25, -0.2) is 0 Å². The molecule has 3 aromatic carbocycles. The number of nitrogens with zero attached hydrogens (tertiary/aromatic N) is 2. The van der Waals surface area contributed by atoms with Crippen molar-refractivity contribution in [2.24, 2.45) is 0 Å². The van der Waals surface area contributed by atoms with E-state index in [1.807, 2.05) is 60.7 Å². The maximum Gasteiger partial charge on any atom is 0.270 e. The molecule has 33 heavy (non-hydrogen) atoms. The van der Waals surface area contributed by atoms with Crippen molar-refractivity contribution in [3.8, 4) is 5.75 Å². The number of benzene rings is 3. The zero-order valence-corrected chi connectivity index (χ0v) is 18.6. The van der Waals surface area contributed by atoms with Gasteiger partial charge in [-0.05, 0) is 35.9 Å². The number of carbonyl (C=O) groups is 2. The Hall–Kier alpha value is -4.06. The van der Waals surface area contributed by atoms with Crippen molar-refractivity contribution in [3.05, 3.63) is 102 Å². The van der Waals surface area contributed by atoms with E-state index in [0.29, 0.717) is 31.7 Å². The van der Waals surface area contributed by atoms with E-state index in [1.165, 1.54) is 0 Å². The highest BCUT2D eigenvalue weighted by Gasteiger charge is 2.26. The fourth-order valence-electron chi connectivity index (χ4n) is 3.86. The molecule has 4 rings (SSSR count). The number of nitrogens with one attached hydrogen (secondary N) is 1. The van der Waals surface area contributed by atoms with Crippen molar-refractivity contribution in [3.63, 3.8) is 0 Å². The molecule has 168 valence electrons. The summed E-state index contributed by atoms with van der Waals surface area (Å²) in [6, 6.07) is 26.3. The highest BCUT2D eigenvalue weighted by Crippen LogP contribution is 2.28. The van der Waals surface area contributed by atoms with E-state index in [1.54, 1.807) is 42.4 Å². The molecule has 1 aliphatic rings. The molecule has 0 radical (unpaired) electrons. The Morgan fingerprint density at radius 2 is 1.42 bits per heavy atom. The van der Waals surface area contributed by atoms with Gasteiger partial charge >= 0.3 is 0 Å². The zero-order chi connectivity index (χ0) is 23.0. The van der Waals surface area contributed by atoms with Gasteiger partial charge in [-0.1, -0.05) is 60.7 Å². The van der Waals surface area contributed by atoms with E-state index in [2.05, 4.69) is 10.2 Å². The number of rotatable bonds is 6. The van der Waals surface area contributed by atoms with Crippen molar-refractivity contribution in [2.75, 3.05) is 38.2 Å². The first-order valence-corrected chi connectivity index (χ1v) is 11.0. The predicted octanol–water partition coefficient (Wildman–Crippen LogP) is 3.81. The molecule has 0 bridgehead atoms. The molecule has 3 aromatic rings. The van der Waals surface area contributed by atoms with Crippen LogP contribution in [0.25, 0.3) is 6.08 Å². The third-order valence-electron chi connectivity index (χ3n) is 5.62. The summed E-state index contributed by atoms with van der Waals surface area (Å²) < 4.78 is 5.48. The molecular formula is C27H27N3O3. The van der Waals surface area contributed by atoms with Crippen LogP contribution in [0.4, 0.5) is 5.69 Å². The van der Waals surface area contributed by atoms with Gasteiger partial charge in [-0.2, -0.15) is 0 Å². The van der Waals surface area contributed by atoms with Crippen LogP contribution in [0.5, 0.6) is 5.75 Å². The van der Waals surface area contributed by atoms with Crippen LogP contribution in [0, 0.1) is 0 Å². The van der Waals surface area contributed by atoms with Crippen molar-refractivity contribution in [1.29, 1.82) is 0 Å². The Morgan fingerprint density at radius 1 is 0.818 bits per heavy atom. The minimum atomic E-state index is -0.307. The van der Waals surface area contributed by atoms with Crippen LogP contribution in [0.15, 0.2) is 90.6 Å². The lowest BCUT2D eigenvalue weighted by Gasteiger charge is -2.37. The summed E-state index contributed by atoms with van der Waals surface area (Å²) in [4.78, 5) is 30.2. The molecule has 0 saturated carbocycles. The van der Waals surface area contributed by atoms with Crippen LogP contribution in [0.3, 0.4) is 0 Å². The zero-order valence-electron chi connectivity index (χ0n) is 18.6. The molecule has 1 fully saturated rings. The Labute approximate surface area is 194 Å². The minimum Gasteiger partial charge on any atom is -0.495 e. The molecule has 6 heteroatoms. The van der Waals surface area contributed by atoms with Crippen LogP contribution in [0.1, 0.15) is 15.9 Å². The van der Waals surface area contributed by atoms with Gasteiger partial charge in [0.15, 0.2) is 0 Å². The number of anilines is 1. The standard InChI is InChI=1S/C27H27N3O3/c1-33-25-15-9-8-14-24(25)29-16-18-30(19-17-29)27(32)23(20-21-10-4-2-5-11-21)28-26(31)22-12-6-3-7-13-22/h2-15,20H,16-19H2,1H3,(H,28,31)/b23-20+. The number of hydrogen-bond acceptors (Lipinski definition) is 4. The first-order valence-electron chi connectivity index (χ1n) is 11.0. The molecule has 1 aliphatic heterocycles. The smallest absolute Gasteiger partial charge is 0.270 e. The maximum absolute atomic E-state index is 13.4. The van der Waals surface area contributed by atoms with Gasteiger partial charge in [0.05, 0.1) is 12.8 Å². The number of methoxy groups -OCH3 is 1. The van der Waals surface area contributed by atoms with Crippen molar-refractivity contribution >= 4 is 23.6 Å². The average molecular weight is 442 g/mol. The van der Waals surface area contributed by atoms with Gasteiger partial charge in [0.1, 0.15) is 11.4 Å². The van der Waals surface area contributed by atoms with E-state index in [9.17, 15) is 9.59 Å². The third kappa shape index (κ3) is 5.41. The number of para-hydroxylation sites is 2. The lowest BCUT2D eigenvalue weighted by Crippen LogP contribution is -2.50. The first-order chi connectivity index (χ1) is 16.2. The lowest BCUT2D eigenvalue weighted by atomic mass is 10.1. The van der Waals surface area contributed by atoms with E-state index >= 15 is 0 Å². The van der Waals surface area contributed by atoms with Gasteiger partial charge in [0, 0.05) is 31.7 Å². The maximum atomic E-state index is 13.4. The second-order valence-electron chi connectivity index (χ2n) is 7.74. The Kier molecular flexibility index (Phi) is 7.05. The average Bonchev–Trinajstić information content (AvgIpc) is 2.89. The number of ether oxygens (including phenoxy) is 1. The highest BCUT2D eigenvalue weighted by atomic mass is 16.5. The van der Waals surface area contributed by atoms with Crippen LogP contribution < -0.4 is 15.0 Å². The van der Waals surface area contributed by atoms with Gasteiger partial charge < -0.3 is 19.9 Å². The minimum absolute atomic E-state index is 0.192. The van der Waals surface area contributed by atoms with Crippen LogP contribution in [-0.4, -0.2) is 50.0 Å². The lowest BCUT2D eigenvalue weighted by molar-refractivity contribution is -0.127. The van der Waals surface area contributed by atoms with Crippen molar-refractivity contribution in [1.82, 2.24) is 10.2 Å². The monoisotopic (exact) mass is 441 g/mol. The Balaban J connectivity index is 1.51. The van der Waals surface area contributed by atoms with Gasteiger partial charge in [-0.15, -0.1) is 0 Å². The van der Waals surface area contributed by atoms with Crippen molar-refractivity contribution in [2.45, 2.75) is 0 Å². The molecule has 0 atom stereocenters. The number of carbonyl (C=O) groups excluding carboxylic acids is 2. The summed E-state index contributed by atoms with van der Waals surface area (Å²) in [5.41, 5.74) is 2.64. The summed E-state index contributed by atoms with van der Waals surface area (Å²) in [6.07, 6.45) is 1.73. The summed E-state index contributed by atoms with van der Waals surface area (Å²) in [6.45, 7) is 2.45. The van der Waals surface area contributed by atoms with Crippen LogP contribution in [0.2, 0.25) is 0 Å². The largest absolute Gasteiger partial charge is 0.495 e. The van der Waals surface area contributed by atoms with E-state index < -0.39 is 0 Å². The highest BCUT2D eigenvalue weighted by molar-refractivity contribution is 6.05. The fourth-order valence-corrected chi connectivity index (χ4v) is 3.86. The predicted molar refractivity (Wildman–Crippen MR) is 130 cm³/mol. The van der Waals surface area contributed by atoms with Gasteiger partial charge in [-0.3, -0.25) is 9.59 Å². The fraction of sp³-hybridized carbons (Fsp3) is 0.185. The summed E-state index contributed by atoms with van der Waals surface area (Å²) in [5, 5.41) is 2.84. The Bertz CT molecular complexity index is 1120. The van der Waals surface area contributed by atoms with Gasteiger partial charge in [0.2, 0.25) is 0 Å². The molecule has 1 heterocycles. The normalized spacial score (nSPS) is 14.0. The summed E-state index contributed by atoms with van der Waals surface area (Å²) in [7, 11) is 1.66. The third-order valence-corrected chi connectivity index (χ3v) is 5.62. The molecule has 6 nitrogen and oxygen atoms in total. The van der Waals surface area contributed by atoms with E-state index in [0.717, 1.165) is 17.0 Å². The second kappa shape index (κ2) is 10.5. The molecule has 1 N–H and O–H groups in total. The number of hydrogen-bond donors (Lipinski definition) is 1. The number of piperazine rings is 1. The van der Waals surface area contributed by atoms with Gasteiger partial charge in [0.25, 0.3) is 11.8 Å². The molecular weight excluding hydrogens is 414 g/mol.